The van der Waals surface area contributed by atoms with E-state index in [4.69, 9.17) is 16.1 Å². The average Bonchev–Trinajstić information content (AvgIpc) is 3.13. The van der Waals surface area contributed by atoms with Gasteiger partial charge < -0.3 is 4.52 Å². The fourth-order valence-electron chi connectivity index (χ4n) is 3.33. The Balaban J connectivity index is 2.09. The summed E-state index contributed by atoms with van der Waals surface area (Å²) in [6, 6.07) is 4.88. The maximum Gasteiger partial charge on any atom is 0.333 e. The molecule has 0 unspecified atom stereocenters. The maximum atomic E-state index is 13.1. The van der Waals surface area contributed by atoms with Gasteiger partial charge in [0.25, 0.3) is 15.7 Å². The molecule has 3 rings (SSSR count). The van der Waals surface area contributed by atoms with Crippen molar-refractivity contribution < 1.29 is 17.7 Å². The maximum absolute atomic E-state index is 13.1. The smallest absolute Gasteiger partial charge is 0.333 e. The zero-order valence-electron chi connectivity index (χ0n) is 17.9. The molecular formula is C21H24ClN4O4S. The van der Waals surface area contributed by atoms with E-state index in [2.05, 4.69) is 15.0 Å². The number of aromatic nitrogens is 2. The van der Waals surface area contributed by atoms with Crippen molar-refractivity contribution in [1.82, 2.24) is 15.0 Å². The van der Waals surface area contributed by atoms with Gasteiger partial charge in [-0.2, -0.15) is 0 Å². The van der Waals surface area contributed by atoms with Crippen molar-refractivity contribution in [2.75, 3.05) is 5.01 Å². The van der Waals surface area contributed by atoms with E-state index in [-0.39, 0.29) is 22.4 Å². The van der Waals surface area contributed by atoms with Crippen molar-refractivity contribution in [2.24, 2.45) is 0 Å². The number of sulfonamides is 1. The van der Waals surface area contributed by atoms with Crippen LogP contribution >= 0.6 is 11.6 Å². The minimum absolute atomic E-state index is 0.0197. The molecule has 0 aliphatic carbocycles. The summed E-state index contributed by atoms with van der Waals surface area (Å²) in [6.45, 7) is 9.63. The number of fused-ring (bicyclic) bond motifs is 1. The molecule has 0 aliphatic rings. The van der Waals surface area contributed by atoms with Crippen LogP contribution in [0.15, 0.2) is 33.8 Å². The third-order valence-corrected chi connectivity index (χ3v) is 6.41. The Bertz CT molecular complexity index is 1190. The van der Waals surface area contributed by atoms with Crippen LogP contribution in [-0.4, -0.2) is 25.0 Å². The quantitative estimate of drug-likeness (QED) is 0.390. The summed E-state index contributed by atoms with van der Waals surface area (Å²) in [5, 5.41) is 5.78. The first kappa shape index (κ1) is 23.2. The molecule has 31 heavy (non-hydrogen) atoms. The third-order valence-electron chi connectivity index (χ3n) is 4.93. The van der Waals surface area contributed by atoms with Gasteiger partial charge in [-0.05, 0) is 47.6 Å². The summed E-state index contributed by atoms with van der Waals surface area (Å²) < 4.78 is 31.4. The van der Waals surface area contributed by atoms with Crippen molar-refractivity contribution in [1.29, 1.82) is 0 Å². The molecule has 165 valence electrons. The molecule has 0 bridgehead atoms. The second kappa shape index (κ2) is 8.94. The minimum Gasteiger partial charge on any atom is -0.336 e. The number of anilines is 1. The number of hydrazine groups is 1. The molecule has 1 radical (unpaired) electrons. The fourth-order valence-corrected chi connectivity index (χ4v) is 4.50. The Hall–Kier alpha value is -2.49. The summed E-state index contributed by atoms with van der Waals surface area (Å²) in [5.74, 6) is -0.0395. The first-order valence-electron chi connectivity index (χ1n) is 9.87. The van der Waals surface area contributed by atoms with Gasteiger partial charge in [-0.1, -0.05) is 51.4 Å². The van der Waals surface area contributed by atoms with Crippen LogP contribution in [0.3, 0.4) is 0 Å². The van der Waals surface area contributed by atoms with E-state index in [1.54, 1.807) is 18.5 Å². The molecule has 2 heterocycles. The third kappa shape index (κ3) is 4.58. The number of benzene rings is 1. The molecule has 0 aliphatic heterocycles. The topological polar surface area (TPSA) is 105 Å². The van der Waals surface area contributed by atoms with Crippen LogP contribution in [0.1, 0.15) is 63.3 Å². The molecule has 0 saturated heterocycles. The molecule has 10 heteroatoms. The van der Waals surface area contributed by atoms with Gasteiger partial charge in [0.15, 0.2) is 0 Å². The average molecular weight is 464 g/mol. The van der Waals surface area contributed by atoms with E-state index in [9.17, 15) is 13.2 Å². The van der Waals surface area contributed by atoms with Gasteiger partial charge in [0, 0.05) is 5.02 Å². The first-order valence-corrected chi connectivity index (χ1v) is 11.7. The number of pyridine rings is 1. The minimum atomic E-state index is -4.16. The van der Waals surface area contributed by atoms with E-state index in [0.29, 0.717) is 28.2 Å². The molecule has 1 N–H and O–H groups in total. The van der Waals surface area contributed by atoms with Gasteiger partial charge in [0.1, 0.15) is 4.90 Å². The van der Waals surface area contributed by atoms with Crippen LogP contribution in [-0.2, 0) is 21.2 Å². The molecule has 2 aromatic heterocycles. The first-order chi connectivity index (χ1) is 14.6. The van der Waals surface area contributed by atoms with E-state index < -0.39 is 10.0 Å². The van der Waals surface area contributed by atoms with E-state index >= 15 is 0 Å². The number of hydrogen-bond donors (Lipinski definition) is 1. The molecule has 1 amide bonds. The number of hydrogen-bond acceptors (Lipinski definition) is 6. The number of rotatable bonds is 8. The van der Waals surface area contributed by atoms with E-state index in [0.717, 1.165) is 22.3 Å². The van der Waals surface area contributed by atoms with Crippen LogP contribution in [0.5, 0.6) is 0 Å². The molecule has 0 fully saturated rings. The number of carbonyl (C=O) groups excluding carboxylic acids is 1. The van der Waals surface area contributed by atoms with Crippen molar-refractivity contribution in [2.45, 2.75) is 57.8 Å². The number of amides is 1. The van der Waals surface area contributed by atoms with Crippen molar-refractivity contribution in [3.05, 3.63) is 46.2 Å². The van der Waals surface area contributed by atoms with E-state index in [1.165, 1.54) is 6.07 Å². The second-order valence-electron chi connectivity index (χ2n) is 7.77. The normalized spacial score (nSPS) is 12.1. The van der Waals surface area contributed by atoms with Gasteiger partial charge >= 0.3 is 6.41 Å². The van der Waals surface area contributed by atoms with Crippen LogP contribution in [0, 0.1) is 0 Å². The van der Waals surface area contributed by atoms with Gasteiger partial charge in [0.05, 0.1) is 23.0 Å². The van der Waals surface area contributed by atoms with Crippen molar-refractivity contribution in [3.8, 4) is 0 Å². The lowest BCUT2D eigenvalue weighted by molar-refractivity contribution is 0.439. The number of nitrogens with one attached hydrogen (secondary N) is 1. The number of aryl methyl sites for hydroxylation is 1. The number of halogens is 1. The highest BCUT2D eigenvalue weighted by Gasteiger charge is 2.27. The van der Waals surface area contributed by atoms with Gasteiger partial charge in [-0.3, -0.25) is 4.79 Å². The summed E-state index contributed by atoms with van der Waals surface area (Å²) in [6.07, 6.45) is 3.42. The Kier molecular flexibility index (Phi) is 6.68. The predicted molar refractivity (Wildman–Crippen MR) is 119 cm³/mol. The van der Waals surface area contributed by atoms with Crippen LogP contribution in [0.4, 0.5) is 5.69 Å². The summed E-state index contributed by atoms with van der Waals surface area (Å²) >= 11 is 6.28. The zero-order chi connectivity index (χ0) is 22.9. The Morgan fingerprint density at radius 3 is 2.29 bits per heavy atom. The molecule has 0 saturated carbocycles. The second-order valence-corrected chi connectivity index (χ2v) is 9.87. The summed E-state index contributed by atoms with van der Waals surface area (Å²) in [5.41, 5.74) is 2.71. The largest absolute Gasteiger partial charge is 0.336 e. The fraction of sp³-hybridized carbons (Fsp3) is 0.381. The lowest BCUT2D eigenvalue weighted by atomic mass is 9.92. The number of nitrogens with zero attached hydrogens (tertiary/aromatic N) is 3. The van der Waals surface area contributed by atoms with Gasteiger partial charge in [-0.25, -0.2) is 18.4 Å². The molecule has 3 aromatic rings. The highest BCUT2D eigenvalue weighted by molar-refractivity contribution is 7.89. The highest BCUT2D eigenvalue weighted by Crippen LogP contribution is 2.37. The lowest BCUT2D eigenvalue weighted by Crippen LogP contribution is -2.42. The zero-order valence-corrected chi connectivity index (χ0v) is 19.5. The monoisotopic (exact) mass is 463 g/mol. The van der Waals surface area contributed by atoms with E-state index in [1.807, 2.05) is 34.6 Å². The Labute approximate surface area is 186 Å². The van der Waals surface area contributed by atoms with Crippen LogP contribution < -0.4 is 9.84 Å². The molecule has 0 spiro atoms. The molecule has 1 aromatic carbocycles. The molecule has 0 atom stereocenters. The summed E-state index contributed by atoms with van der Waals surface area (Å²) in [4.78, 5) is 18.2. The van der Waals surface area contributed by atoms with Crippen molar-refractivity contribution >= 4 is 44.8 Å². The molecule has 8 nitrogen and oxygen atoms in total. The van der Waals surface area contributed by atoms with Gasteiger partial charge in [-0.15, -0.1) is 4.83 Å². The van der Waals surface area contributed by atoms with Crippen LogP contribution in [0.2, 0.25) is 5.02 Å². The van der Waals surface area contributed by atoms with Gasteiger partial charge in [0.2, 0.25) is 0 Å². The standard InChI is InChI=1S/C21H24ClN4O4S/c1-6-19-18-9-15(10-23-21(18)30-24-19)31(28,29)25-26(11-27)20-16(12(2)3)7-14(22)8-17(20)13(4)5/h7-10,12-13,25H,6H2,1-5H3. The summed E-state index contributed by atoms with van der Waals surface area (Å²) in [7, 11) is -4.16. The van der Waals surface area contributed by atoms with Crippen molar-refractivity contribution in [3.63, 3.8) is 0 Å². The Morgan fingerprint density at radius 1 is 1.16 bits per heavy atom. The SMILES string of the molecule is CCc1noc2ncc(S(=O)(=O)NN([C]=O)c3c(C(C)C)cc(Cl)cc3C(C)C)cc12. The van der Waals surface area contributed by atoms with Crippen LogP contribution in [0.25, 0.3) is 11.1 Å². The Morgan fingerprint density at radius 2 is 1.77 bits per heavy atom. The predicted octanol–water partition coefficient (Wildman–Crippen LogP) is 4.45. The highest BCUT2D eigenvalue weighted by atomic mass is 35.5. The molecular weight excluding hydrogens is 440 g/mol. The lowest BCUT2D eigenvalue weighted by Gasteiger charge is -2.26.